The number of benzene rings is 1. The molecule has 2 unspecified atom stereocenters. The number of nitrogens with zero attached hydrogens (tertiary/aromatic N) is 1. The molecule has 4 heteroatoms. The molecule has 0 bridgehead atoms. The summed E-state index contributed by atoms with van der Waals surface area (Å²) in [4.78, 5) is 1.02. The second kappa shape index (κ2) is 7.56. The van der Waals surface area contributed by atoms with Crippen molar-refractivity contribution < 1.29 is 4.74 Å². The van der Waals surface area contributed by atoms with E-state index in [0.29, 0.717) is 11.6 Å². The Morgan fingerprint density at radius 1 is 1.40 bits per heavy atom. The first kappa shape index (κ1) is 15.2. The van der Waals surface area contributed by atoms with E-state index in [1.807, 2.05) is 25.2 Å². The van der Waals surface area contributed by atoms with Crippen LogP contribution in [0.4, 0.5) is 0 Å². The summed E-state index contributed by atoms with van der Waals surface area (Å²) in [5.41, 5.74) is 0.680. The predicted molar refractivity (Wildman–Crippen MR) is 83.3 cm³/mol. The lowest BCUT2D eigenvalue weighted by Crippen LogP contribution is -2.43. The van der Waals surface area contributed by atoms with E-state index in [1.54, 1.807) is 11.8 Å². The Morgan fingerprint density at radius 3 is 2.90 bits per heavy atom. The number of hydrogen-bond acceptors (Lipinski definition) is 4. The van der Waals surface area contributed by atoms with Crippen molar-refractivity contribution >= 4 is 11.8 Å². The fourth-order valence-electron chi connectivity index (χ4n) is 2.73. The zero-order chi connectivity index (χ0) is 14.4. The van der Waals surface area contributed by atoms with Crippen molar-refractivity contribution in [1.82, 2.24) is 5.32 Å². The average molecular weight is 290 g/mol. The predicted octanol–water partition coefficient (Wildman–Crippen LogP) is 3.58. The van der Waals surface area contributed by atoms with Crippen LogP contribution >= 0.6 is 11.8 Å². The lowest BCUT2D eigenvalue weighted by molar-refractivity contribution is 0.117. The Bertz CT molecular complexity index is 484. The maximum Gasteiger partial charge on any atom is 0.138 e. The van der Waals surface area contributed by atoms with Crippen molar-refractivity contribution in [2.24, 2.45) is 0 Å². The number of hydrogen-bond donors (Lipinski definition) is 1. The molecule has 1 aliphatic carbocycles. The maximum atomic E-state index is 9.42. The molecule has 0 amide bonds. The fraction of sp³-hybridized carbons (Fsp3) is 0.562. The number of nitriles is 1. The van der Waals surface area contributed by atoms with Crippen LogP contribution in [0.3, 0.4) is 0 Å². The lowest BCUT2D eigenvalue weighted by atomic mass is 9.92. The molecule has 1 aliphatic rings. The Labute approximate surface area is 125 Å². The largest absolute Gasteiger partial charge is 0.487 e. The molecule has 108 valence electrons. The highest BCUT2D eigenvalue weighted by Gasteiger charge is 2.26. The molecule has 0 saturated heterocycles. The molecule has 0 heterocycles. The van der Waals surface area contributed by atoms with Crippen LogP contribution in [0.15, 0.2) is 23.1 Å². The lowest BCUT2D eigenvalue weighted by Gasteiger charge is -2.32. The van der Waals surface area contributed by atoms with E-state index in [9.17, 15) is 5.26 Å². The monoisotopic (exact) mass is 290 g/mol. The Balaban J connectivity index is 2.20. The Morgan fingerprint density at radius 2 is 2.20 bits per heavy atom. The smallest absolute Gasteiger partial charge is 0.138 e. The second-order valence-corrected chi connectivity index (χ2v) is 6.32. The summed E-state index contributed by atoms with van der Waals surface area (Å²) in [6, 6.07) is 8.58. The molecule has 1 N–H and O–H groups in total. The van der Waals surface area contributed by atoms with E-state index < -0.39 is 0 Å². The molecule has 0 spiro atoms. The summed E-state index contributed by atoms with van der Waals surface area (Å²) in [6.07, 6.45) is 4.83. The second-order valence-electron chi connectivity index (χ2n) is 5.01. The highest BCUT2D eigenvalue weighted by atomic mass is 32.2. The number of ether oxygens (including phenoxy) is 1. The molecule has 2 atom stereocenters. The van der Waals surface area contributed by atoms with E-state index in [0.717, 1.165) is 29.2 Å². The molecule has 1 aromatic rings. The molecule has 20 heavy (non-hydrogen) atoms. The van der Waals surface area contributed by atoms with Crippen LogP contribution in [0.5, 0.6) is 5.75 Å². The molecule has 0 aromatic heterocycles. The van der Waals surface area contributed by atoms with Gasteiger partial charge in [-0.25, -0.2) is 0 Å². The Hall–Kier alpha value is -1.18. The molecule has 0 radical (unpaired) electrons. The first-order valence-corrected chi connectivity index (χ1v) is 8.28. The van der Waals surface area contributed by atoms with E-state index in [-0.39, 0.29) is 6.10 Å². The van der Waals surface area contributed by atoms with Gasteiger partial charge < -0.3 is 10.1 Å². The normalized spacial score (nSPS) is 22.2. The summed E-state index contributed by atoms with van der Waals surface area (Å²) in [5.74, 6) is 1.69. The molecular weight excluding hydrogens is 268 g/mol. The summed E-state index contributed by atoms with van der Waals surface area (Å²) in [5, 5.41) is 12.8. The third-order valence-corrected chi connectivity index (χ3v) is 4.69. The summed E-state index contributed by atoms with van der Waals surface area (Å²) >= 11 is 1.69. The van der Waals surface area contributed by atoms with Crippen LogP contribution in [0.25, 0.3) is 0 Å². The molecule has 1 fully saturated rings. The third kappa shape index (κ3) is 3.47. The van der Waals surface area contributed by atoms with Gasteiger partial charge in [0, 0.05) is 10.9 Å². The minimum absolute atomic E-state index is 0.169. The average Bonchev–Trinajstić information content (AvgIpc) is 2.48. The molecule has 1 aromatic carbocycles. The van der Waals surface area contributed by atoms with Crippen molar-refractivity contribution in [1.29, 1.82) is 5.26 Å². The van der Waals surface area contributed by atoms with Crippen LogP contribution in [0.1, 0.15) is 38.2 Å². The first-order valence-electron chi connectivity index (χ1n) is 7.30. The maximum absolute atomic E-state index is 9.42. The standard InChI is InChI=1S/C16H22N2OS/c1-3-20-16-10-6-9-14(12(16)11-17)19-15-8-5-4-7-13(15)18-2/h6,9-10,13,15,18H,3-5,7-8H2,1-2H3. The van der Waals surface area contributed by atoms with Gasteiger partial charge in [0.1, 0.15) is 23.5 Å². The van der Waals surface area contributed by atoms with Gasteiger partial charge in [-0.15, -0.1) is 11.8 Å². The van der Waals surface area contributed by atoms with Crippen molar-refractivity contribution in [2.75, 3.05) is 12.8 Å². The van der Waals surface area contributed by atoms with Gasteiger partial charge in [0.15, 0.2) is 0 Å². The van der Waals surface area contributed by atoms with Crippen molar-refractivity contribution in [3.8, 4) is 11.8 Å². The quantitative estimate of drug-likeness (QED) is 0.842. The summed E-state index contributed by atoms with van der Waals surface area (Å²) < 4.78 is 6.17. The SMILES string of the molecule is CCSc1cccc(OC2CCCCC2NC)c1C#N. The van der Waals surface area contributed by atoms with Gasteiger partial charge in [0.25, 0.3) is 0 Å². The molecule has 3 nitrogen and oxygen atoms in total. The minimum Gasteiger partial charge on any atom is -0.487 e. The number of nitrogens with one attached hydrogen (secondary N) is 1. The van der Waals surface area contributed by atoms with Crippen LogP contribution in [-0.2, 0) is 0 Å². The van der Waals surface area contributed by atoms with Gasteiger partial charge in [0.05, 0.1) is 0 Å². The summed E-state index contributed by atoms with van der Waals surface area (Å²) in [6.45, 7) is 2.09. The van der Waals surface area contributed by atoms with E-state index >= 15 is 0 Å². The van der Waals surface area contributed by atoms with Gasteiger partial charge in [-0.2, -0.15) is 5.26 Å². The zero-order valence-electron chi connectivity index (χ0n) is 12.2. The molecular formula is C16H22N2OS. The Kier molecular flexibility index (Phi) is 5.75. The van der Waals surface area contributed by atoms with E-state index in [4.69, 9.17) is 4.74 Å². The van der Waals surface area contributed by atoms with E-state index in [1.165, 1.54) is 12.8 Å². The highest BCUT2D eigenvalue weighted by Crippen LogP contribution is 2.32. The molecule has 1 saturated carbocycles. The number of rotatable bonds is 5. The van der Waals surface area contributed by atoms with E-state index in [2.05, 4.69) is 18.3 Å². The summed E-state index contributed by atoms with van der Waals surface area (Å²) in [7, 11) is 1.99. The minimum atomic E-state index is 0.169. The molecule has 2 rings (SSSR count). The zero-order valence-corrected chi connectivity index (χ0v) is 13.0. The third-order valence-electron chi connectivity index (χ3n) is 3.75. The number of thioether (sulfide) groups is 1. The van der Waals surface area contributed by atoms with Crippen LogP contribution in [0.2, 0.25) is 0 Å². The van der Waals surface area contributed by atoms with Crippen LogP contribution < -0.4 is 10.1 Å². The topological polar surface area (TPSA) is 45.0 Å². The van der Waals surface area contributed by atoms with Gasteiger partial charge in [-0.05, 0) is 44.2 Å². The van der Waals surface area contributed by atoms with Crippen molar-refractivity contribution in [3.05, 3.63) is 23.8 Å². The van der Waals surface area contributed by atoms with Crippen LogP contribution in [0, 0.1) is 11.3 Å². The van der Waals surface area contributed by atoms with Crippen LogP contribution in [-0.4, -0.2) is 24.9 Å². The highest BCUT2D eigenvalue weighted by molar-refractivity contribution is 7.99. The van der Waals surface area contributed by atoms with Gasteiger partial charge in [-0.3, -0.25) is 0 Å². The number of likely N-dealkylation sites (N-methyl/N-ethyl adjacent to an activating group) is 1. The fourth-order valence-corrected chi connectivity index (χ4v) is 3.50. The van der Waals surface area contributed by atoms with Crippen molar-refractivity contribution in [2.45, 2.75) is 49.6 Å². The van der Waals surface area contributed by atoms with Crippen molar-refractivity contribution in [3.63, 3.8) is 0 Å². The first-order chi connectivity index (χ1) is 9.80. The molecule has 0 aliphatic heterocycles. The van der Waals surface area contributed by atoms with Gasteiger partial charge in [0.2, 0.25) is 0 Å². The van der Waals surface area contributed by atoms with Gasteiger partial charge in [-0.1, -0.05) is 19.4 Å². The van der Waals surface area contributed by atoms with Gasteiger partial charge >= 0.3 is 0 Å².